The zero-order valence-corrected chi connectivity index (χ0v) is 14.4. The summed E-state index contributed by atoms with van der Waals surface area (Å²) in [6.07, 6.45) is 0. The first kappa shape index (κ1) is 16.9. The molecule has 25 heavy (non-hydrogen) atoms. The highest BCUT2D eigenvalue weighted by Crippen LogP contribution is 2.22. The molecule has 0 aliphatic carbocycles. The molecule has 1 N–H and O–H groups in total. The summed E-state index contributed by atoms with van der Waals surface area (Å²) in [6.45, 7) is 4.24. The number of carbonyl (C=O) groups excluding carboxylic acids is 1. The summed E-state index contributed by atoms with van der Waals surface area (Å²) in [7, 11) is 0. The number of hydrogen-bond donors (Lipinski definition) is 1. The van der Waals surface area contributed by atoms with Crippen LogP contribution in [0.4, 0.5) is 5.69 Å². The fourth-order valence-corrected chi connectivity index (χ4v) is 2.66. The molecule has 0 saturated heterocycles. The highest BCUT2D eigenvalue weighted by molar-refractivity contribution is 5.92. The molecule has 128 valence electrons. The zero-order valence-electron chi connectivity index (χ0n) is 14.4. The van der Waals surface area contributed by atoms with Gasteiger partial charge in [-0.15, -0.1) is 0 Å². The second-order valence-electron chi connectivity index (χ2n) is 5.82. The molecule has 0 radical (unpaired) electrons. The fourth-order valence-electron chi connectivity index (χ4n) is 2.66. The maximum Gasteiger partial charge on any atom is 0.250 e. The fraction of sp³-hybridized carbons (Fsp3) is 0.200. The molecule has 3 rings (SSSR count). The van der Waals surface area contributed by atoms with Gasteiger partial charge in [0.25, 0.3) is 0 Å². The maximum atomic E-state index is 12.2. The molecular formula is C20H21N3O2. The molecule has 0 saturated carbocycles. The Labute approximate surface area is 147 Å². The molecule has 0 atom stereocenters. The zero-order chi connectivity index (χ0) is 17.6. The van der Waals surface area contributed by atoms with Crippen molar-refractivity contribution >= 4 is 11.6 Å². The van der Waals surface area contributed by atoms with E-state index >= 15 is 0 Å². The summed E-state index contributed by atoms with van der Waals surface area (Å²) < 4.78 is 7.31. The van der Waals surface area contributed by atoms with E-state index < -0.39 is 0 Å². The van der Waals surface area contributed by atoms with E-state index in [2.05, 4.69) is 10.4 Å². The molecular weight excluding hydrogens is 314 g/mol. The first-order valence-corrected chi connectivity index (χ1v) is 8.18. The van der Waals surface area contributed by atoms with Crippen molar-refractivity contribution < 1.29 is 9.53 Å². The van der Waals surface area contributed by atoms with E-state index in [4.69, 9.17) is 4.74 Å². The summed E-state index contributed by atoms with van der Waals surface area (Å²) in [4.78, 5) is 12.2. The number of rotatable bonds is 6. The lowest BCUT2D eigenvalue weighted by molar-refractivity contribution is -0.121. The number of ether oxygens (including phenoxy) is 1. The molecule has 2 aromatic carbocycles. The van der Waals surface area contributed by atoms with Crippen LogP contribution in [-0.2, 0) is 16.1 Å². The van der Waals surface area contributed by atoms with Crippen molar-refractivity contribution in [3.8, 4) is 5.69 Å². The normalized spacial score (nSPS) is 10.6. The number of nitrogens with zero attached hydrogens (tertiary/aromatic N) is 2. The quantitative estimate of drug-likeness (QED) is 0.748. The van der Waals surface area contributed by atoms with Gasteiger partial charge >= 0.3 is 0 Å². The van der Waals surface area contributed by atoms with Crippen molar-refractivity contribution in [3.63, 3.8) is 0 Å². The number of hydrogen-bond acceptors (Lipinski definition) is 3. The van der Waals surface area contributed by atoms with Gasteiger partial charge in [-0.2, -0.15) is 5.10 Å². The molecule has 1 amide bonds. The van der Waals surface area contributed by atoms with Crippen molar-refractivity contribution in [3.05, 3.63) is 77.6 Å². The highest BCUT2D eigenvalue weighted by atomic mass is 16.5. The summed E-state index contributed by atoms with van der Waals surface area (Å²) >= 11 is 0. The summed E-state index contributed by atoms with van der Waals surface area (Å²) in [6, 6.07) is 19.6. The van der Waals surface area contributed by atoms with E-state index in [1.807, 2.05) is 79.2 Å². The minimum absolute atomic E-state index is 0.00426. The van der Waals surface area contributed by atoms with Crippen LogP contribution in [-0.4, -0.2) is 22.3 Å². The van der Waals surface area contributed by atoms with Crippen LogP contribution in [0.5, 0.6) is 0 Å². The molecule has 0 fully saturated rings. The third-order valence-electron chi connectivity index (χ3n) is 3.90. The van der Waals surface area contributed by atoms with Gasteiger partial charge in [0, 0.05) is 0 Å². The Morgan fingerprint density at radius 1 is 1.04 bits per heavy atom. The van der Waals surface area contributed by atoms with Crippen molar-refractivity contribution in [1.82, 2.24) is 9.78 Å². The van der Waals surface area contributed by atoms with E-state index in [1.54, 1.807) is 0 Å². The van der Waals surface area contributed by atoms with E-state index in [0.717, 1.165) is 28.3 Å². The van der Waals surface area contributed by atoms with E-state index in [0.29, 0.717) is 6.61 Å². The van der Waals surface area contributed by atoms with Gasteiger partial charge < -0.3 is 10.1 Å². The lowest BCUT2D eigenvalue weighted by Gasteiger charge is -2.08. The summed E-state index contributed by atoms with van der Waals surface area (Å²) in [5, 5.41) is 7.43. The predicted molar refractivity (Wildman–Crippen MR) is 97.8 cm³/mol. The molecule has 3 aromatic rings. The Bertz CT molecular complexity index is 842. The molecule has 0 aliphatic heterocycles. The number of benzene rings is 2. The van der Waals surface area contributed by atoms with Crippen LogP contribution in [0.15, 0.2) is 60.7 Å². The van der Waals surface area contributed by atoms with Crippen LogP contribution in [0.25, 0.3) is 5.69 Å². The third kappa shape index (κ3) is 4.14. The monoisotopic (exact) mass is 335 g/mol. The van der Waals surface area contributed by atoms with Crippen molar-refractivity contribution in [2.75, 3.05) is 11.9 Å². The second-order valence-corrected chi connectivity index (χ2v) is 5.82. The van der Waals surface area contributed by atoms with Gasteiger partial charge in [-0.3, -0.25) is 4.79 Å². The Morgan fingerprint density at radius 3 is 2.36 bits per heavy atom. The third-order valence-corrected chi connectivity index (χ3v) is 3.90. The lowest BCUT2D eigenvalue weighted by Crippen LogP contribution is -2.19. The van der Waals surface area contributed by atoms with Gasteiger partial charge in [0.2, 0.25) is 5.91 Å². The van der Waals surface area contributed by atoms with Gasteiger partial charge in [-0.1, -0.05) is 48.5 Å². The van der Waals surface area contributed by atoms with E-state index in [-0.39, 0.29) is 12.5 Å². The van der Waals surface area contributed by atoms with E-state index in [9.17, 15) is 4.79 Å². The second kappa shape index (κ2) is 7.77. The average Bonchev–Trinajstić information content (AvgIpc) is 2.91. The van der Waals surface area contributed by atoms with Gasteiger partial charge in [-0.05, 0) is 31.5 Å². The highest BCUT2D eigenvalue weighted by Gasteiger charge is 2.15. The molecule has 5 heteroatoms. The Kier molecular flexibility index (Phi) is 5.26. The lowest BCUT2D eigenvalue weighted by atomic mass is 10.2. The number of aryl methyl sites for hydroxylation is 1. The van der Waals surface area contributed by atoms with Crippen LogP contribution < -0.4 is 5.32 Å². The standard InChI is InChI=1S/C20H21N3O2/c1-15-20(16(2)23(22-15)18-11-7-4-8-12-18)21-19(24)14-25-13-17-9-5-3-6-10-17/h3-12H,13-14H2,1-2H3,(H,21,24). The number of nitrogens with one attached hydrogen (secondary N) is 1. The van der Waals surface area contributed by atoms with Crippen LogP contribution >= 0.6 is 0 Å². The van der Waals surface area contributed by atoms with Gasteiger partial charge in [0.05, 0.1) is 29.4 Å². The molecule has 0 spiro atoms. The van der Waals surface area contributed by atoms with Gasteiger partial charge in [-0.25, -0.2) is 4.68 Å². The number of carbonyl (C=O) groups is 1. The topological polar surface area (TPSA) is 56.2 Å². The summed E-state index contributed by atoms with van der Waals surface area (Å²) in [5.41, 5.74) is 4.40. The van der Waals surface area contributed by atoms with Crippen molar-refractivity contribution in [2.24, 2.45) is 0 Å². The molecule has 0 unspecified atom stereocenters. The molecule has 5 nitrogen and oxygen atoms in total. The van der Waals surface area contributed by atoms with Crippen LogP contribution in [0, 0.1) is 13.8 Å². The number of para-hydroxylation sites is 1. The SMILES string of the molecule is Cc1nn(-c2ccccc2)c(C)c1NC(=O)COCc1ccccc1. The first-order valence-electron chi connectivity index (χ1n) is 8.18. The average molecular weight is 335 g/mol. The van der Waals surface area contributed by atoms with Crippen molar-refractivity contribution in [1.29, 1.82) is 0 Å². The van der Waals surface area contributed by atoms with Crippen molar-refractivity contribution in [2.45, 2.75) is 20.5 Å². The van der Waals surface area contributed by atoms with Gasteiger partial charge in [0.1, 0.15) is 6.61 Å². The van der Waals surface area contributed by atoms with Crippen LogP contribution in [0.3, 0.4) is 0 Å². The first-order chi connectivity index (χ1) is 12.1. The number of aromatic nitrogens is 2. The number of anilines is 1. The molecule has 1 heterocycles. The largest absolute Gasteiger partial charge is 0.367 e. The maximum absolute atomic E-state index is 12.2. The minimum atomic E-state index is -0.185. The Morgan fingerprint density at radius 2 is 1.68 bits per heavy atom. The van der Waals surface area contributed by atoms with Crippen LogP contribution in [0.2, 0.25) is 0 Å². The minimum Gasteiger partial charge on any atom is -0.367 e. The Balaban J connectivity index is 1.63. The number of amides is 1. The smallest absolute Gasteiger partial charge is 0.250 e. The molecule has 0 aliphatic rings. The predicted octanol–water partition coefficient (Wildman–Crippen LogP) is 3.64. The van der Waals surface area contributed by atoms with Gasteiger partial charge in [0.15, 0.2) is 0 Å². The van der Waals surface area contributed by atoms with E-state index in [1.165, 1.54) is 0 Å². The molecule has 1 aromatic heterocycles. The molecule has 0 bridgehead atoms. The Hall–Kier alpha value is -2.92. The van der Waals surface area contributed by atoms with Crippen LogP contribution in [0.1, 0.15) is 17.0 Å². The summed E-state index contributed by atoms with van der Waals surface area (Å²) in [5.74, 6) is -0.185.